The smallest absolute Gasteiger partial charge is 0.00187 e. The van der Waals surface area contributed by atoms with Gasteiger partial charge in [0.2, 0.25) is 0 Å². The molecule has 0 unspecified atom stereocenters. The molecule has 1 heteroatoms. The Morgan fingerprint density at radius 1 is 0.182 bits per heavy atom. The van der Waals surface area contributed by atoms with E-state index < -0.39 is 0 Å². The molecule has 0 aromatic rings. The fourth-order valence-corrected chi connectivity index (χ4v) is 8.83. The largest absolute Gasteiger partial charge is 0.303 e. The highest BCUT2D eigenvalue weighted by Crippen LogP contribution is 2.18. The molecule has 0 aliphatic carbocycles. The van der Waals surface area contributed by atoms with Gasteiger partial charge >= 0.3 is 0 Å². The molecule has 0 fully saturated rings. The molecular formula is C54H111N. The van der Waals surface area contributed by atoms with Gasteiger partial charge in [-0.1, -0.05) is 292 Å². The highest BCUT2D eigenvalue weighted by molar-refractivity contribution is 4.61. The lowest BCUT2D eigenvalue weighted by molar-refractivity contribution is 0.254. The summed E-state index contributed by atoms with van der Waals surface area (Å²) in [6.45, 7) is 18.3. The van der Waals surface area contributed by atoms with Crippen molar-refractivity contribution in [3.05, 3.63) is 0 Å². The lowest BCUT2D eigenvalue weighted by atomic mass is 10.0. The van der Waals surface area contributed by atoms with Gasteiger partial charge in [0.15, 0.2) is 0 Å². The van der Waals surface area contributed by atoms with E-state index in [1.54, 1.807) is 0 Å². The van der Waals surface area contributed by atoms with Crippen molar-refractivity contribution < 1.29 is 0 Å². The Balaban J connectivity index is 3.97. The highest BCUT2D eigenvalue weighted by atomic mass is 15.1. The first-order chi connectivity index (χ1) is 26.9. The first-order valence-corrected chi connectivity index (χ1v) is 26.6. The molecule has 0 amide bonds. The van der Waals surface area contributed by atoms with Gasteiger partial charge in [0.25, 0.3) is 0 Å². The van der Waals surface area contributed by atoms with Crippen LogP contribution in [0.4, 0.5) is 0 Å². The van der Waals surface area contributed by atoms with Crippen molar-refractivity contribution in [1.82, 2.24) is 4.90 Å². The van der Waals surface area contributed by atoms with Crippen LogP contribution in [0.25, 0.3) is 0 Å². The molecule has 0 aliphatic heterocycles. The predicted molar refractivity (Wildman–Crippen MR) is 255 cm³/mol. The lowest BCUT2D eigenvalue weighted by Crippen LogP contribution is -2.27. The van der Waals surface area contributed by atoms with Crippen molar-refractivity contribution in [2.75, 3.05) is 19.6 Å². The van der Waals surface area contributed by atoms with Gasteiger partial charge < -0.3 is 4.90 Å². The van der Waals surface area contributed by atoms with Crippen LogP contribution in [-0.4, -0.2) is 24.5 Å². The van der Waals surface area contributed by atoms with E-state index >= 15 is 0 Å². The van der Waals surface area contributed by atoms with Crippen molar-refractivity contribution in [2.45, 2.75) is 311 Å². The molecule has 0 spiro atoms. The van der Waals surface area contributed by atoms with Crippen molar-refractivity contribution in [3.8, 4) is 0 Å². The zero-order valence-corrected chi connectivity index (χ0v) is 40.0. The molecule has 0 radical (unpaired) electrons. The first kappa shape index (κ1) is 55.0. The minimum atomic E-state index is 0.889. The number of nitrogens with zero attached hydrogens (tertiary/aromatic N) is 1. The fourth-order valence-electron chi connectivity index (χ4n) is 8.83. The van der Waals surface area contributed by atoms with Gasteiger partial charge in [0.05, 0.1) is 0 Å². The summed E-state index contributed by atoms with van der Waals surface area (Å²) in [5.41, 5.74) is 0. The van der Waals surface area contributed by atoms with Crippen LogP contribution < -0.4 is 0 Å². The van der Waals surface area contributed by atoms with Crippen LogP contribution in [0.15, 0.2) is 0 Å². The van der Waals surface area contributed by atoms with E-state index in [1.165, 1.54) is 289 Å². The van der Waals surface area contributed by atoms with Crippen LogP contribution in [-0.2, 0) is 0 Å². The molecule has 0 aliphatic rings. The van der Waals surface area contributed by atoms with Gasteiger partial charge in [-0.15, -0.1) is 0 Å². The molecular weight excluding hydrogens is 663 g/mol. The van der Waals surface area contributed by atoms with Crippen LogP contribution in [0, 0.1) is 17.8 Å². The topological polar surface area (TPSA) is 3.24 Å². The average Bonchev–Trinajstić information content (AvgIpc) is 3.15. The van der Waals surface area contributed by atoms with Crippen molar-refractivity contribution in [3.63, 3.8) is 0 Å². The van der Waals surface area contributed by atoms with Crippen molar-refractivity contribution in [1.29, 1.82) is 0 Å². The molecule has 0 heterocycles. The molecule has 0 saturated carbocycles. The third-order valence-corrected chi connectivity index (χ3v) is 12.8. The zero-order chi connectivity index (χ0) is 40.1. The molecule has 1 nitrogen and oxygen atoms in total. The predicted octanol–water partition coefficient (Wildman–Crippen LogP) is 19.6. The van der Waals surface area contributed by atoms with Crippen molar-refractivity contribution >= 4 is 0 Å². The fraction of sp³-hybridized carbons (Fsp3) is 1.00. The average molecular weight is 774 g/mol. The van der Waals surface area contributed by atoms with Gasteiger partial charge in [-0.25, -0.2) is 0 Å². The Kier molecular flexibility index (Phi) is 46.6. The summed E-state index contributed by atoms with van der Waals surface area (Å²) in [6.07, 6.45) is 61.7. The molecule has 0 aromatic carbocycles. The molecule has 0 atom stereocenters. The van der Waals surface area contributed by atoms with E-state index in [4.69, 9.17) is 0 Å². The minimum absolute atomic E-state index is 0.889. The van der Waals surface area contributed by atoms with Crippen LogP contribution in [0.5, 0.6) is 0 Å². The summed E-state index contributed by atoms with van der Waals surface area (Å²) in [5.74, 6) is 2.67. The summed E-state index contributed by atoms with van der Waals surface area (Å²) < 4.78 is 0. The Labute approximate surface area is 352 Å². The standard InChI is InChI=1S/C54H111N/c1-52(2)46-40-34-28-22-16-10-7-13-19-25-31-37-43-49-55(50-44-38-32-26-20-14-8-11-17-23-29-35-41-47-53(3)4)51-45-39-33-27-21-15-9-12-18-24-30-36-42-48-54(5)6/h52-54H,7-51H2,1-6H3. The van der Waals surface area contributed by atoms with E-state index in [-0.39, 0.29) is 0 Å². The van der Waals surface area contributed by atoms with E-state index in [9.17, 15) is 0 Å². The van der Waals surface area contributed by atoms with Gasteiger partial charge in [0.1, 0.15) is 0 Å². The van der Waals surface area contributed by atoms with Gasteiger partial charge in [0, 0.05) is 0 Å². The second kappa shape index (κ2) is 46.6. The summed E-state index contributed by atoms with van der Waals surface area (Å²) in [7, 11) is 0. The third kappa shape index (κ3) is 50.0. The lowest BCUT2D eigenvalue weighted by Gasteiger charge is -2.22. The van der Waals surface area contributed by atoms with Crippen LogP contribution in [0.3, 0.4) is 0 Å². The first-order valence-electron chi connectivity index (χ1n) is 26.6. The summed E-state index contributed by atoms with van der Waals surface area (Å²) >= 11 is 0. The number of hydrogen-bond donors (Lipinski definition) is 0. The maximum absolute atomic E-state index is 2.88. The molecule has 55 heavy (non-hydrogen) atoms. The quantitative estimate of drug-likeness (QED) is 0.0557. The monoisotopic (exact) mass is 774 g/mol. The maximum Gasteiger partial charge on any atom is -0.00187 e. The third-order valence-electron chi connectivity index (χ3n) is 12.8. The van der Waals surface area contributed by atoms with Gasteiger partial charge in [-0.05, 0) is 56.7 Å². The Morgan fingerprint density at radius 2 is 0.309 bits per heavy atom. The molecule has 0 N–H and O–H groups in total. The van der Waals surface area contributed by atoms with E-state index in [0.717, 1.165) is 17.8 Å². The number of rotatable bonds is 48. The minimum Gasteiger partial charge on any atom is -0.303 e. The van der Waals surface area contributed by atoms with Crippen LogP contribution in [0.2, 0.25) is 0 Å². The summed E-state index contributed by atoms with van der Waals surface area (Å²) in [6, 6.07) is 0. The number of unbranched alkanes of at least 4 members (excludes halogenated alkanes) is 36. The molecule has 0 aromatic heterocycles. The second-order valence-corrected chi connectivity index (χ2v) is 20.2. The van der Waals surface area contributed by atoms with E-state index in [1.807, 2.05) is 0 Å². The molecule has 332 valence electrons. The van der Waals surface area contributed by atoms with E-state index in [2.05, 4.69) is 46.4 Å². The maximum atomic E-state index is 2.88. The normalized spacial score (nSPS) is 12.1. The molecule has 0 rings (SSSR count). The van der Waals surface area contributed by atoms with Crippen molar-refractivity contribution in [2.24, 2.45) is 17.8 Å². The Hall–Kier alpha value is -0.0400. The SMILES string of the molecule is CC(C)CCCCCCCCCCCCCCCN(CCCCCCCCCCCCCCCC(C)C)CCCCCCCCCCCCCCCC(C)C. The zero-order valence-electron chi connectivity index (χ0n) is 40.0. The second-order valence-electron chi connectivity index (χ2n) is 20.2. The van der Waals surface area contributed by atoms with Gasteiger partial charge in [-0.2, -0.15) is 0 Å². The molecule has 0 saturated heterocycles. The Bertz CT molecular complexity index is 576. The van der Waals surface area contributed by atoms with Gasteiger partial charge in [-0.3, -0.25) is 0 Å². The number of hydrogen-bond acceptors (Lipinski definition) is 1. The summed E-state index contributed by atoms with van der Waals surface area (Å²) in [4.78, 5) is 2.88. The highest BCUT2D eigenvalue weighted by Gasteiger charge is 2.06. The van der Waals surface area contributed by atoms with Crippen LogP contribution in [0.1, 0.15) is 311 Å². The van der Waals surface area contributed by atoms with Crippen LogP contribution >= 0.6 is 0 Å². The van der Waals surface area contributed by atoms with E-state index in [0.29, 0.717) is 0 Å². The Morgan fingerprint density at radius 3 is 0.455 bits per heavy atom. The molecule has 0 bridgehead atoms. The summed E-state index contributed by atoms with van der Waals surface area (Å²) in [5, 5.41) is 0.